The number of aromatic nitrogens is 2. The normalized spacial score (nSPS) is 10.9. The van der Waals surface area contributed by atoms with Crippen LogP contribution < -0.4 is 10.9 Å². The first kappa shape index (κ1) is 20.7. The van der Waals surface area contributed by atoms with Crippen molar-refractivity contribution in [2.24, 2.45) is 0 Å². The van der Waals surface area contributed by atoms with E-state index < -0.39 is 0 Å². The Morgan fingerprint density at radius 1 is 1.24 bits per heavy atom. The molecule has 2 aromatic heterocycles. The van der Waals surface area contributed by atoms with E-state index in [1.807, 2.05) is 39.0 Å². The van der Waals surface area contributed by atoms with Crippen molar-refractivity contribution < 1.29 is 14.3 Å². The standard InChI is InChI=1S/C21H23N3O4S/c1-5-6-16(25)28-10-15-23-19(26)17-13(4)18(29-21(17)24-15)20(27)22-14-8-7-11(2)9-12(14)3/h7-9H,5-6,10H2,1-4H3,(H,22,27)(H,23,24,26). The fraction of sp³-hybridized carbons (Fsp3) is 0.333. The highest BCUT2D eigenvalue weighted by Gasteiger charge is 2.20. The van der Waals surface area contributed by atoms with Gasteiger partial charge in [0, 0.05) is 12.1 Å². The maximum atomic E-state index is 12.8. The summed E-state index contributed by atoms with van der Waals surface area (Å²) >= 11 is 1.15. The highest BCUT2D eigenvalue weighted by Crippen LogP contribution is 2.28. The third-order valence-electron chi connectivity index (χ3n) is 4.51. The molecule has 0 spiro atoms. The van der Waals surface area contributed by atoms with Crippen LogP contribution in [-0.2, 0) is 16.1 Å². The van der Waals surface area contributed by atoms with E-state index in [0.717, 1.165) is 28.2 Å². The average Bonchev–Trinajstić information content (AvgIpc) is 2.99. The van der Waals surface area contributed by atoms with Crippen molar-refractivity contribution in [2.45, 2.75) is 47.1 Å². The Morgan fingerprint density at radius 2 is 2.00 bits per heavy atom. The van der Waals surface area contributed by atoms with Crippen LogP contribution in [0.4, 0.5) is 5.69 Å². The third-order valence-corrected chi connectivity index (χ3v) is 5.69. The van der Waals surface area contributed by atoms with Gasteiger partial charge in [-0.1, -0.05) is 24.6 Å². The number of rotatable bonds is 6. The molecule has 2 N–H and O–H groups in total. The Balaban J connectivity index is 1.88. The Kier molecular flexibility index (Phi) is 6.12. The van der Waals surface area contributed by atoms with Crippen molar-refractivity contribution in [2.75, 3.05) is 5.32 Å². The summed E-state index contributed by atoms with van der Waals surface area (Å²) in [6.45, 7) is 7.42. The number of amides is 1. The van der Waals surface area contributed by atoms with Gasteiger partial charge in [0.05, 0.1) is 10.3 Å². The van der Waals surface area contributed by atoms with Gasteiger partial charge in [0.15, 0.2) is 0 Å². The molecule has 0 aliphatic carbocycles. The summed E-state index contributed by atoms with van der Waals surface area (Å²) < 4.78 is 5.11. The molecule has 29 heavy (non-hydrogen) atoms. The van der Waals surface area contributed by atoms with Gasteiger partial charge in [-0.15, -0.1) is 11.3 Å². The van der Waals surface area contributed by atoms with Crippen LogP contribution in [0.5, 0.6) is 0 Å². The predicted molar refractivity (Wildman–Crippen MR) is 114 cm³/mol. The van der Waals surface area contributed by atoms with Crippen LogP contribution in [-0.4, -0.2) is 21.8 Å². The molecule has 7 nitrogen and oxygen atoms in total. The van der Waals surface area contributed by atoms with Crippen LogP contribution in [0.3, 0.4) is 0 Å². The number of aromatic amines is 1. The molecule has 1 amide bonds. The lowest BCUT2D eigenvalue weighted by molar-refractivity contribution is -0.145. The minimum atomic E-state index is -0.351. The number of carbonyl (C=O) groups excluding carboxylic acids is 2. The second-order valence-electron chi connectivity index (χ2n) is 6.93. The van der Waals surface area contributed by atoms with Gasteiger partial charge in [-0.05, 0) is 44.4 Å². The number of nitrogens with one attached hydrogen (secondary N) is 2. The van der Waals surface area contributed by atoms with Gasteiger partial charge in [0.1, 0.15) is 17.3 Å². The van der Waals surface area contributed by atoms with Crippen molar-refractivity contribution in [1.29, 1.82) is 0 Å². The van der Waals surface area contributed by atoms with E-state index in [9.17, 15) is 14.4 Å². The molecule has 0 saturated heterocycles. The average molecular weight is 413 g/mol. The SMILES string of the molecule is CCCC(=O)OCc1nc2sc(C(=O)Nc3ccc(C)cc3C)c(C)c2c(=O)[nH]1. The minimum absolute atomic E-state index is 0.106. The smallest absolute Gasteiger partial charge is 0.306 e. The Morgan fingerprint density at radius 3 is 2.69 bits per heavy atom. The number of aryl methyl sites for hydroxylation is 3. The molecule has 0 unspecified atom stereocenters. The van der Waals surface area contributed by atoms with E-state index in [0.29, 0.717) is 33.5 Å². The summed E-state index contributed by atoms with van der Waals surface area (Å²) in [5.74, 6) is -0.367. The Bertz CT molecular complexity index is 1150. The van der Waals surface area contributed by atoms with Crippen molar-refractivity contribution in [3.63, 3.8) is 0 Å². The highest BCUT2D eigenvalue weighted by atomic mass is 32.1. The third kappa shape index (κ3) is 4.54. The number of hydrogen-bond acceptors (Lipinski definition) is 6. The lowest BCUT2D eigenvalue weighted by atomic mass is 10.1. The number of carbonyl (C=O) groups is 2. The maximum absolute atomic E-state index is 12.8. The number of hydrogen-bond donors (Lipinski definition) is 2. The zero-order valence-corrected chi connectivity index (χ0v) is 17.7. The minimum Gasteiger partial charge on any atom is -0.458 e. The van der Waals surface area contributed by atoms with Gasteiger partial charge >= 0.3 is 5.97 Å². The van der Waals surface area contributed by atoms with E-state index >= 15 is 0 Å². The molecule has 0 aliphatic heterocycles. The molecule has 3 aromatic rings. The summed E-state index contributed by atoms with van der Waals surface area (Å²) in [5.41, 5.74) is 3.03. The number of ether oxygens (including phenoxy) is 1. The quantitative estimate of drug-likeness (QED) is 0.595. The van der Waals surface area contributed by atoms with Gasteiger partial charge in [-0.2, -0.15) is 0 Å². The summed E-state index contributed by atoms with van der Waals surface area (Å²) in [5, 5.41) is 3.28. The van der Waals surface area contributed by atoms with E-state index in [2.05, 4.69) is 15.3 Å². The summed E-state index contributed by atoms with van der Waals surface area (Å²) in [6.07, 6.45) is 0.998. The molecule has 0 saturated carbocycles. The second-order valence-corrected chi connectivity index (χ2v) is 7.93. The van der Waals surface area contributed by atoms with E-state index in [4.69, 9.17) is 4.74 Å². The van der Waals surface area contributed by atoms with Crippen molar-refractivity contribution in [3.05, 3.63) is 55.9 Å². The number of nitrogens with zero attached hydrogens (tertiary/aromatic N) is 1. The molecule has 0 fully saturated rings. The predicted octanol–water partition coefficient (Wildman–Crippen LogP) is 4.01. The lowest BCUT2D eigenvalue weighted by Crippen LogP contribution is -2.15. The number of fused-ring (bicyclic) bond motifs is 1. The molecule has 8 heteroatoms. The molecular weight excluding hydrogens is 390 g/mol. The van der Waals surface area contributed by atoms with Crippen LogP contribution in [0.25, 0.3) is 10.2 Å². The molecule has 1 aromatic carbocycles. The fourth-order valence-electron chi connectivity index (χ4n) is 3.03. The summed E-state index contributed by atoms with van der Waals surface area (Å²) in [4.78, 5) is 44.8. The maximum Gasteiger partial charge on any atom is 0.306 e. The molecule has 0 radical (unpaired) electrons. The number of H-pyrrole nitrogens is 1. The van der Waals surface area contributed by atoms with E-state index in [1.54, 1.807) is 6.92 Å². The first-order valence-corrected chi connectivity index (χ1v) is 10.2. The van der Waals surface area contributed by atoms with Gasteiger partial charge in [0.25, 0.3) is 11.5 Å². The molecular formula is C21H23N3O4S. The van der Waals surface area contributed by atoms with E-state index in [-0.39, 0.29) is 29.9 Å². The molecule has 152 valence electrons. The van der Waals surface area contributed by atoms with Crippen LogP contribution >= 0.6 is 11.3 Å². The topological polar surface area (TPSA) is 101 Å². The fourth-order valence-corrected chi connectivity index (χ4v) is 4.13. The first-order chi connectivity index (χ1) is 13.8. The number of anilines is 1. The number of esters is 1. The van der Waals surface area contributed by atoms with Gasteiger partial charge < -0.3 is 15.0 Å². The first-order valence-electron chi connectivity index (χ1n) is 9.36. The molecule has 0 aliphatic rings. The molecule has 0 atom stereocenters. The van der Waals surface area contributed by atoms with Crippen molar-refractivity contribution in [3.8, 4) is 0 Å². The number of benzene rings is 1. The molecule has 3 rings (SSSR count). The Labute approximate surface area is 172 Å². The highest BCUT2D eigenvalue weighted by molar-refractivity contribution is 7.20. The zero-order valence-electron chi connectivity index (χ0n) is 16.8. The van der Waals surface area contributed by atoms with Crippen LogP contribution in [0.1, 0.15) is 52.0 Å². The van der Waals surface area contributed by atoms with Crippen LogP contribution in [0.15, 0.2) is 23.0 Å². The van der Waals surface area contributed by atoms with Crippen LogP contribution in [0, 0.1) is 20.8 Å². The van der Waals surface area contributed by atoms with Gasteiger partial charge in [-0.25, -0.2) is 4.98 Å². The second kappa shape index (κ2) is 8.57. The largest absolute Gasteiger partial charge is 0.458 e. The molecule has 0 bridgehead atoms. The van der Waals surface area contributed by atoms with Crippen LogP contribution in [0.2, 0.25) is 0 Å². The molecule has 2 heterocycles. The number of thiophene rings is 1. The Hall–Kier alpha value is -3.00. The van der Waals surface area contributed by atoms with Gasteiger partial charge in [0.2, 0.25) is 0 Å². The summed E-state index contributed by atoms with van der Waals surface area (Å²) in [6, 6.07) is 5.78. The lowest BCUT2D eigenvalue weighted by Gasteiger charge is -2.08. The monoisotopic (exact) mass is 413 g/mol. The van der Waals surface area contributed by atoms with Gasteiger partial charge in [-0.3, -0.25) is 14.4 Å². The van der Waals surface area contributed by atoms with Crippen molar-refractivity contribution >= 4 is 39.1 Å². The summed E-state index contributed by atoms with van der Waals surface area (Å²) in [7, 11) is 0. The van der Waals surface area contributed by atoms with E-state index in [1.165, 1.54) is 0 Å². The van der Waals surface area contributed by atoms with Crippen molar-refractivity contribution in [1.82, 2.24) is 9.97 Å². The zero-order chi connectivity index (χ0) is 21.1.